The van der Waals surface area contributed by atoms with Gasteiger partial charge in [-0.15, -0.1) is 10.2 Å². The molecule has 1 aromatic heterocycles. The lowest BCUT2D eigenvalue weighted by Gasteiger charge is -2.16. The minimum Gasteiger partial charge on any atom is -0.325 e. The Bertz CT molecular complexity index is 927. The van der Waals surface area contributed by atoms with Crippen LogP contribution in [-0.2, 0) is 11.0 Å². The van der Waals surface area contributed by atoms with Gasteiger partial charge in [-0.2, -0.15) is 13.2 Å². The highest BCUT2D eigenvalue weighted by molar-refractivity contribution is 8.00. The van der Waals surface area contributed by atoms with Gasteiger partial charge >= 0.3 is 6.18 Å². The summed E-state index contributed by atoms with van der Waals surface area (Å²) in [7, 11) is 0. The minimum atomic E-state index is -4.85. The lowest BCUT2D eigenvalue weighted by molar-refractivity contribution is -0.385. The van der Waals surface area contributed by atoms with E-state index in [9.17, 15) is 28.1 Å². The van der Waals surface area contributed by atoms with Crippen LogP contribution in [0.3, 0.4) is 0 Å². The first kappa shape index (κ1) is 20.1. The number of thioether (sulfide) groups is 1. The smallest absolute Gasteiger partial charge is 0.325 e. The van der Waals surface area contributed by atoms with Crippen LogP contribution in [0, 0.1) is 17.0 Å². The second-order valence-electron chi connectivity index (χ2n) is 6.37. The van der Waals surface area contributed by atoms with Crippen LogP contribution >= 0.6 is 11.8 Å². The van der Waals surface area contributed by atoms with Crippen LogP contribution in [0.5, 0.6) is 0 Å². The van der Waals surface area contributed by atoms with Crippen molar-refractivity contribution in [3.63, 3.8) is 0 Å². The zero-order valence-corrected chi connectivity index (χ0v) is 15.7. The SMILES string of the molecule is Cc1nnc(S[C@H](C)C(=O)Nc2ccc([N+](=O)[O-])cc2C(F)(F)F)n1C1CC1. The van der Waals surface area contributed by atoms with Crippen molar-refractivity contribution >= 4 is 29.0 Å². The molecule has 0 bridgehead atoms. The van der Waals surface area contributed by atoms with Crippen molar-refractivity contribution in [2.75, 3.05) is 5.32 Å². The molecule has 12 heteroatoms. The number of aryl methyl sites for hydroxylation is 1. The Hall–Kier alpha value is -2.63. The van der Waals surface area contributed by atoms with Crippen LogP contribution in [0.4, 0.5) is 24.5 Å². The fourth-order valence-electron chi connectivity index (χ4n) is 2.62. The maximum Gasteiger partial charge on any atom is 0.418 e. The molecule has 2 aromatic rings. The number of rotatable bonds is 6. The quantitative estimate of drug-likeness (QED) is 0.435. The maximum absolute atomic E-state index is 13.2. The number of non-ortho nitro benzene ring substituents is 1. The van der Waals surface area contributed by atoms with Crippen LogP contribution in [0.25, 0.3) is 0 Å². The largest absolute Gasteiger partial charge is 0.418 e. The van der Waals surface area contributed by atoms with E-state index in [1.165, 1.54) is 0 Å². The summed E-state index contributed by atoms with van der Waals surface area (Å²) in [6.07, 6.45) is -2.87. The minimum absolute atomic E-state index is 0.291. The van der Waals surface area contributed by atoms with E-state index in [0.717, 1.165) is 36.7 Å². The zero-order valence-electron chi connectivity index (χ0n) is 14.9. The first-order valence-corrected chi connectivity index (χ1v) is 9.20. The van der Waals surface area contributed by atoms with Gasteiger partial charge in [0.1, 0.15) is 5.82 Å². The number of nitrogens with zero attached hydrogens (tertiary/aromatic N) is 4. The van der Waals surface area contributed by atoms with E-state index in [1.807, 2.05) is 4.57 Å². The number of hydrogen-bond acceptors (Lipinski definition) is 6. The highest BCUT2D eigenvalue weighted by Gasteiger charge is 2.36. The van der Waals surface area contributed by atoms with E-state index in [-0.39, 0.29) is 0 Å². The number of carbonyl (C=O) groups excluding carboxylic acids is 1. The number of benzene rings is 1. The Kier molecular flexibility index (Phi) is 5.33. The van der Waals surface area contributed by atoms with Crippen molar-refractivity contribution in [2.24, 2.45) is 0 Å². The molecule has 1 amide bonds. The summed E-state index contributed by atoms with van der Waals surface area (Å²) in [4.78, 5) is 22.3. The third-order valence-electron chi connectivity index (χ3n) is 4.18. The Morgan fingerprint density at radius 3 is 2.64 bits per heavy atom. The van der Waals surface area contributed by atoms with Crippen molar-refractivity contribution in [2.45, 2.75) is 49.3 Å². The first-order valence-electron chi connectivity index (χ1n) is 8.32. The fourth-order valence-corrected chi connectivity index (χ4v) is 3.58. The number of aromatic nitrogens is 3. The van der Waals surface area contributed by atoms with E-state index in [1.54, 1.807) is 13.8 Å². The van der Waals surface area contributed by atoms with Crippen LogP contribution < -0.4 is 5.32 Å². The number of nitro groups is 1. The molecule has 0 radical (unpaired) electrons. The molecule has 1 aliphatic carbocycles. The molecule has 1 aromatic carbocycles. The van der Waals surface area contributed by atoms with Gasteiger partial charge in [0.05, 0.1) is 21.4 Å². The lowest BCUT2D eigenvalue weighted by Crippen LogP contribution is -2.24. The van der Waals surface area contributed by atoms with Crippen molar-refractivity contribution < 1.29 is 22.9 Å². The lowest BCUT2D eigenvalue weighted by atomic mass is 10.1. The Morgan fingerprint density at radius 2 is 2.07 bits per heavy atom. The molecular weight excluding hydrogens is 399 g/mol. The summed E-state index contributed by atoms with van der Waals surface area (Å²) < 4.78 is 41.6. The molecule has 8 nitrogen and oxygen atoms in total. The number of nitrogens with one attached hydrogen (secondary N) is 1. The van der Waals surface area contributed by atoms with Gasteiger partial charge in [0.2, 0.25) is 5.91 Å². The topological polar surface area (TPSA) is 103 Å². The van der Waals surface area contributed by atoms with Gasteiger partial charge in [-0.3, -0.25) is 14.9 Å². The number of hydrogen-bond donors (Lipinski definition) is 1. The number of amides is 1. The van der Waals surface area contributed by atoms with Crippen LogP contribution in [0.15, 0.2) is 23.4 Å². The van der Waals surface area contributed by atoms with Gasteiger partial charge < -0.3 is 9.88 Å². The van der Waals surface area contributed by atoms with Gasteiger partial charge in [-0.25, -0.2) is 0 Å². The molecule has 150 valence electrons. The van der Waals surface area contributed by atoms with Crippen molar-refractivity contribution in [3.8, 4) is 0 Å². The van der Waals surface area contributed by atoms with Gasteiger partial charge in [-0.1, -0.05) is 11.8 Å². The molecule has 1 N–H and O–H groups in total. The predicted molar refractivity (Wildman–Crippen MR) is 95.1 cm³/mol. The number of nitro benzene ring substituents is 1. The predicted octanol–water partition coefficient (Wildman–Crippen LogP) is 3.97. The van der Waals surface area contributed by atoms with Crippen molar-refractivity contribution in [3.05, 3.63) is 39.7 Å². The number of anilines is 1. The Balaban J connectivity index is 1.78. The fraction of sp³-hybridized carbons (Fsp3) is 0.438. The summed E-state index contributed by atoms with van der Waals surface area (Å²) in [6.45, 7) is 3.34. The zero-order chi connectivity index (χ0) is 20.6. The third kappa shape index (κ3) is 4.26. The first-order chi connectivity index (χ1) is 13.1. The summed E-state index contributed by atoms with van der Waals surface area (Å²) in [5.41, 5.74) is -2.51. The number of carbonyl (C=O) groups is 1. The molecule has 0 aliphatic heterocycles. The van der Waals surface area contributed by atoms with Crippen molar-refractivity contribution in [1.29, 1.82) is 0 Å². The van der Waals surface area contributed by atoms with Gasteiger partial charge in [0, 0.05) is 18.2 Å². The summed E-state index contributed by atoms with van der Waals surface area (Å²) in [5, 5.41) is 20.8. The molecule has 1 saturated carbocycles. The maximum atomic E-state index is 13.2. The average molecular weight is 415 g/mol. The molecule has 1 atom stereocenters. The highest BCUT2D eigenvalue weighted by atomic mass is 32.2. The molecule has 28 heavy (non-hydrogen) atoms. The standard InChI is InChI=1S/C16H16F3N5O3S/c1-8(28-15-22-21-9(2)23(15)10-3-4-10)14(25)20-13-6-5-11(24(26)27)7-12(13)16(17,18)19/h5-8,10H,3-4H2,1-2H3,(H,20,25)/t8-/m1/s1. The Morgan fingerprint density at radius 1 is 1.39 bits per heavy atom. The van der Waals surface area contributed by atoms with E-state index >= 15 is 0 Å². The number of alkyl halides is 3. The van der Waals surface area contributed by atoms with Crippen molar-refractivity contribution in [1.82, 2.24) is 14.8 Å². The van der Waals surface area contributed by atoms with Crippen LogP contribution in [-0.4, -0.2) is 30.8 Å². The highest BCUT2D eigenvalue weighted by Crippen LogP contribution is 2.40. The summed E-state index contributed by atoms with van der Waals surface area (Å²) >= 11 is 1.10. The molecule has 0 saturated heterocycles. The summed E-state index contributed by atoms with van der Waals surface area (Å²) in [5.74, 6) is 0.0414. The van der Waals surface area contributed by atoms with Gasteiger partial charge in [-0.05, 0) is 32.8 Å². The molecule has 1 heterocycles. The molecular formula is C16H16F3N5O3S. The van der Waals surface area contributed by atoms with E-state index < -0.39 is 39.2 Å². The number of halogens is 3. The second-order valence-corrected chi connectivity index (χ2v) is 7.67. The summed E-state index contributed by atoms with van der Waals surface area (Å²) in [6, 6.07) is 2.49. The second kappa shape index (κ2) is 7.41. The average Bonchev–Trinajstić information content (AvgIpc) is 3.37. The molecule has 1 fully saturated rings. The molecule has 0 spiro atoms. The Labute approximate surface area is 161 Å². The van der Waals surface area contributed by atoms with Crippen LogP contribution in [0.2, 0.25) is 0 Å². The molecule has 1 aliphatic rings. The van der Waals surface area contributed by atoms with E-state index in [2.05, 4.69) is 15.5 Å². The monoisotopic (exact) mass is 415 g/mol. The molecule has 3 rings (SSSR count). The van der Waals surface area contributed by atoms with Gasteiger partial charge in [0.15, 0.2) is 5.16 Å². The molecule has 0 unspecified atom stereocenters. The van der Waals surface area contributed by atoms with E-state index in [0.29, 0.717) is 23.1 Å². The van der Waals surface area contributed by atoms with Crippen LogP contribution in [0.1, 0.15) is 37.2 Å². The normalized spacial score (nSPS) is 15.3. The van der Waals surface area contributed by atoms with E-state index in [4.69, 9.17) is 0 Å². The third-order valence-corrected chi connectivity index (χ3v) is 5.23. The van der Waals surface area contributed by atoms with Gasteiger partial charge in [0.25, 0.3) is 5.69 Å².